The summed E-state index contributed by atoms with van der Waals surface area (Å²) in [5, 5.41) is 0. The maximum Gasteiger partial charge on any atom is 0.111 e. The zero-order valence-electron chi connectivity index (χ0n) is 11.6. The van der Waals surface area contributed by atoms with Gasteiger partial charge in [-0.1, -0.05) is 32.9 Å². The fourth-order valence-corrected chi connectivity index (χ4v) is 2.18. The van der Waals surface area contributed by atoms with Crippen molar-refractivity contribution in [1.82, 2.24) is 15.0 Å². The highest BCUT2D eigenvalue weighted by molar-refractivity contribution is 5.75. The van der Waals surface area contributed by atoms with Gasteiger partial charge in [0.1, 0.15) is 5.82 Å². The second kappa shape index (κ2) is 4.71. The van der Waals surface area contributed by atoms with E-state index in [0.717, 1.165) is 23.3 Å². The Hall–Kier alpha value is -1.39. The first-order chi connectivity index (χ1) is 8.43. The molecule has 98 valence electrons. The number of nitrogens with two attached hydrogens (primary N) is 1. The molecule has 18 heavy (non-hydrogen) atoms. The predicted octanol–water partition coefficient (Wildman–Crippen LogP) is 1.99. The molecule has 0 aliphatic carbocycles. The Bertz CT molecular complexity index is 536. The minimum absolute atomic E-state index is 0.104. The normalized spacial score (nSPS) is 14.1. The third-order valence-electron chi connectivity index (χ3n) is 3.51. The first-order valence-corrected chi connectivity index (χ1v) is 6.30. The zero-order valence-corrected chi connectivity index (χ0v) is 11.6. The van der Waals surface area contributed by atoms with Crippen LogP contribution in [0.4, 0.5) is 0 Å². The Balaban J connectivity index is 2.34. The lowest BCUT2D eigenvalue weighted by Gasteiger charge is -2.29. The molecular formula is C14H22N4. The molecule has 4 heteroatoms. The van der Waals surface area contributed by atoms with Crippen LogP contribution in [0.5, 0.6) is 0 Å². The average molecular weight is 246 g/mol. The van der Waals surface area contributed by atoms with E-state index < -0.39 is 0 Å². The topological polar surface area (TPSA) is 55.9 Å². The van der Waals surface area contributed by atoms with E-state index in [1.54, 1.807) is 0 Å². The van der Waals surface area contributed by atoms with Gasteiger partial charge in [-0.3, -0.25) is 11.3 Å². The number of nitrogens with one attached hydrogen (secondary N) is 1. The Labute approximate surface area is 108 Å². The van der Waals surface area contributed by atoms with E-state index in [9.17, 15) is 0 Å². The van der Waals surface area contributed by atoms with Gasteiger partial charge in [-0.25, -0.2) is 4.98 Å². The second-order valence-corrected chi connectivity index (χ2v) is 5.87. The third-order valence-corrected chi connectivity index (χ3v) is 3.51. The van der Waals surface area contributed by atoms with Gasteiger partial charge in [0.15, 0.2) is 0 Å². The molecule has 0 fully saturated rings. The van der Waals surface area contributed by atoms with Crippen molar-refractivity contribution >= 4 is 11.0 Å². The van der Waals surface area contributed by atoms with Crippen molar-refractivity contribution in [3.05, 3.63) is 30.1 Å². The molecule has 0 saturated heterocycles. The van der Waals surface area contributed by atoms with Crippen molar-refractivity contribution in [3.8, 4) is 0 Å². The first-order valence-electron chi connectivity index (χ1n) is 6.30. The highest BCUT2D eigenvalue weighted by Gasteiger charge is 2.25. The number of fused-ring (bicyclic) bond motifs is 1. The highest BCUT2D eigenvalue weighted by Crippen LogP contribution is 2.23. The van der Waals surface area contributed by atoms with Crippen LogP contribution in [0.15, 0.2) is 24.3 Å². The second-order valence-electron chi connectivity index (χ2n) is 5.87. The van der Waals surface area contributed by atoms with E-state index in [2.05, 4.69) is 48.9 Å². The van der Waals surface area contributed by atoms with Gasteiger partial charge in [0.05, 0.1) is 11.0 Å². The van der Waals surface area contributed by atoms with Crippen LogP contribution in [0, 0.1) is 5.41 Å². The molecule has 3 N–H and O–H groups in total. The van der Waals surface area contributed by atoms with Gasteiger partial charge in [0.2, 0.25) is 0 Å². The fraction of sp³-hybridized carbons (Fsp3) is 0.500. The number of aromatic nitrogens is 2. The van der Waals surface area contributed by atoms with Gasteiger partial charge in [-0.15, -0.1) is 0 Å². The van der Waals surface area contributed by atoms with Gasteiger partial charge in [0.25, 0.3) is 0 Å². The van der Waals surface area contributed by atoms with Crippen LogP contribution < -0.4 is 11.3 Å². The lowest BCUT2D eigenvalue weighted by atomic mass is 9.85. The standard InChI is InChI=1S/C14H22N4/c1-14(2,3)12(17-15)9-13-16-10-7-5-6-8-11(10)18(13)4/h5-8,12,17H,9,15H2,1-4H3. The van der Waals surface area contributed by atoms with Crippen molar-refractivity contribution < 1.29 is 0 Å². The smallest absolute Gasteiger partial charge is 0.111 e. The zero-order chi connectivity index (χ0) is 13.3. The molecule has 1 atom stereocenters. The van der Waals surface area contributed by atoms with E-state index in [0.29, 0.717) is 0 Å². The summed E-state index contributed by atoms with van der Waals surface area (Å²) in [7, 11) is 2.06. The Morgan fingerprint density at radius 1 is 1.33 bits per heavy atom. The molecule has 0 aliphatic rings. The number of aryl methyl sites for hydroxylation is 1. The summed E-state index contributed by atoms with van der Waals surface area (Å²) < 4.78 is 2.14. The first kappa shape index (κ1) is 13.1. The van der Waals surface area contributed by atoms with E-state index in [1.807, 2.05) is 18.2 Å². The maximum atomic E-state index is 5.66. The Morgan fingerprint density at radius 3 is 2.56 bits per heavy atom. The molecular weight excluding hydrogens is 224 g/mol. The molecule has 0 radical (unpaired) electrons. The minimum Gasteiger partial charge on any atom is -0.331 e. The van der Waals surface area contributed by atoms with Gasteiger partial charge < -0.3 is 4.57 Å². The molecule has 0 saturated carbocycles. The number of hydrogen-bond acceptors (Lipinski definition) is 3. The lowest BCUT2D eigenvalue weighted by molar-refractivity contribution is 0.264. The predicted molar refractivity (Wildman–Crippen MR) is 75.0 cm³/mol. The van der Waals surface area contributed by atoms with Crippen LogP contribution >= 0.6 is 0 Å². The molecule has 1 unspecified atom stereocenters. The van der Waals surface area contributed by atoms with E-state index >= 15 is 0 Å². The summed E-state index contributed by atoms with van der Waals surface area (Å²) in [6.07, 6.45) is 0.825. The van der Waals surface area contributed by atoms with Gasteiger partial charge in [-0.05, 0) is 17.5 Å². The molecule has 0 bridgehead atoms. The highest BCUT2D eigenvalue weighted by atomic mass is 15.2. The van der Waals surface area contributed by atoms with Crippen molar-refractivity contribution in [2.45, 2.75) is 33.2 Å². The van der Waals surface area contributed by atoms with E-state index in [4.69, 9.17) is 5.84 Å². The summed E-state index contributed by atoms with van der Waals surface area (Å²) in [5.74, 6) is 6.73. The quantitative estimate of drug-likeness (QED) is 0.643. The molecule has 1 aromatic heterocycles. The molecule has 2 rings (SSSR count). The van der Waals surface area contributed by atoms with Crippen LogP contribution in [0.3, 0.4) is 0 Å². The van der Waals surface area contributed by atoms with Crippen LogP contribution in [0.2, 0.25) is 0 Å². The number of rotatable bonds is 3. The third kappa shape index (κ3) is 2.40. The molecule has 4 nitrogen and oxygen atoms in total. The molecule has 1 aromatic carbocycles. The summed E-state index contributed by atoms with van der Waals surface area (Å²) >= 11 is 0. The molecule has 1 heterocycles. The lowest BCUT2D eigenvalue weighted by Crippen LogP contribution is -2.46. The number of hydrogen-bond donors (Lipinski definition) is 2. The van der Waals surface area contributed by atoms with E-state index in [-0.39, 0.29) is 11.5 Å². The van der Waals surface area contributed by atoms with Crippen molar-refractivity contribution in [3.63, 3.8) is 0 Å². The minimum atomic E-state index is 0.104. The van der Waals surface area contributed by atoms with Gasteiger partial charge in [0, 0.05) is 19.5 Å². The molecule has 0 aliphatic heterocycles. The monoisotopic (exact) mass is 246 g/mol. The molecule has 0 spiro atoms. The van der Waals surface area contributed by atoms with E-state index in [1.165, 1.54) is 0 Å². The number of para-hydroxylation sites is 2. The number of nitrogens with zero attached hydrogens (tertiary/aromatic N) is 2. The van der Waals surface area contributed by atoms with Crippen LogP contribution in [0.1, 0.15) is 26.6 Å². The van der Waals surface area contributed by atoms with Crippen LogP contribution in [-0.4, -0.2) is 15.6 Å². The van der Waals surface area contributed by atoms with Crippen molar-refractivity contribution in [2.24, 2.45) is 18.3 Å². The largest absolute Gasteiger partial charge is 0.331 e. The summed E-state index contributed by atoms with van der Waals surface area (Å²) in [4.78, 5) is 4.68. The van der Waals surface area contributed by atoms with Crippen LogP contribution in [-0.2, 0) is 13.5 Å². The SMILES string of the molecule is Cn1c(CC(NN)C(C)(C)C)nc2ccccc21. The molecule has 2 aromatic rings. The van der Waals surface area contributed by atoms with Crippen LogP contribution in [0.25, 0.3) is 11.0 Å². The fourth-order valence-electron chi connectivity index (χ4n) is 2.18. The van der Waals surface area contributed by atoms with Gasteiger partial charge in [-0.2, -0.15) is 0 Å². The van der Waals surface area contributed by atoms with Gasteiger partial charge >= 0.3 is 0 Å². The Kier molecular flexibility index (Phi) is 3.41. The summed E-state index contributed by atoms with van der Waals surface area (Å²) in [6.45, 7) is 6.54. The average Bonchev–Trinajstić information content (AvgIpc) is 2.62. The van der Waals surface area contributed by atoms with Crippen molar-refractivity contribution in [1.29, 1.82) is 0 Å². The molecule has 0 amide bonds. The summed E-state index contributed by atoms with van der Waals surface area (Å²) in [6, 6.07) is 8.39. The Morgan fingerprint density at radius 2 is 2.00 bits per heavy atom. The van der Waals surface area contributed by atoms with Crippen molar-refractivity contribution in [2.75, 3.05) is 0 Å². The number of hydrazine groups is 1. The maximum absolute atomic E-state index is 5.66. The number of imidazole rings is 1. The number of benzene rings is 1. The summed E-state index contributed by atoms with van der Waals surface area (Å²) in [5.41, 5.74) is 5.22.